The Labute approximate surface area is 98.2 Å². The molecule has 3 aromatic heterocycles. The fourth-order valence-corrected chi connectivity index (χ4v) is 1.62. The Hall–Kier alpha value is -2.48. The van der Waals surface area contributed by atoms with Gasteiger partial charge >= 0.3 is 0 Å². The fraction of sp³-hybridized carbons (Fsp3) is 0.167. The van der Waals surface area contributed by atoms with Crippen molar-refractivity contribution in [3.8, 4) is 6.07 Å². The van der Waals surface area contributed by atoms with Gasteiger partial charge in [0.1, 0.15) is 6.07 Å². The Bertz CT molecular complexity index is 693. The fourth-order valence-electron chi connectivity index (χ4n) is 1.62. The van der Waals surface area contributed by atoms with Crippen molar-refractivity contribution in [3.63, 3.8) is 0 Å². The molecule has 0 bridgehead atoms. The molecule has 5 heteroatoms. The maximum atomic E-state index is 8.96. The third-order valence-corrected chi connectivity index (χ3v) is 2.29. The molecule has 5 nitrogen and oxygen atoms in total. The van der Waals surface area contributed by atoms with E-state index in [0.29, 0.717) is 11.3 Å². The number of aromatic nitrogens is 4. The van der Waals surface area contributed by atoms with Crippen LogP contribution in [0.15, 0.2) is 24.8 Å². The monoisotopic (exact) mass is 225 g/mol. The summed E-state index contributed by atoms with van der Waals surface area (Å²) in [5.41, 5.74) is 1.75. The van der Waals surface area contributed by atoms with Crippen molar-refractivity contribution < 1.29 is 0 Å². The Morgan fingerprint density at radius 1 is 1.29 bits per heavy atom. The van der Waals surface area contributed by atoms with Gasteiger partial charge < -0.3 is 4.98 Å². The minimum Gasteiger partial charge on any atom is -0.343 e. The van der Waals surface area contributed by atoms with E-state index in [1.54, 1.807) is 24.8 Å². The summed E-state index contributed by atoms with van der Waals surface area (Å²) in [7, 11) is 0. The molecule has 0 atom stereocenters. The molecule has 3 rings (SSSR count). The van der Waals surface area contributed by atoms with E-state index in [1.165, 1.54) is 0 Å². The predicted molar refractivity (Wildman–Crippen MR) is 65.3 cm³/mol. The lowest BCUT2D eigenvalue weighted by Gasteiger charge is -1.98. The van der Waals surface area contributed by atoms with E-state index in [0.717, 1.165) is 16.3 Å². The van der Waals surface area contributed by atoms with E-state index in [-0.39, 0.29) is 0 Å². The van der Waals surface area contributed by atoms with Gasteiger partial charge in [-0.25, -0.2) is 9.97 Å². The van der Waals surface area contributed by atoms with Gasteiger partial charge in [-0.1, -0.05) is 13.8 Å². The summed E-state index contributed by atoms with van der Waals surface area (Å²) >= 11 is 0. The molecule has 0 fully saturated rings. The quantitative estimate of drug-likeness (QED) is 0.637. The maximum Gasteiger partial charge on any atom is 0.179 e. The van der Waals surface area contributed by atoms with E-state index < -0.39 is 0 Å². The summed E-state index contributed by atoms with van der Waals surface area (Å²) in [6.45, 7) is 4.00. The second-order valence-corrected chi connectivity index (χ2v) is 3.09. The summed E-state index contributed by atoms with van der Waals surface area (Å²) in [5, 5.41) is 10.6. The Morgan fingerprint density at radius 2 is 2.12 bits per heavy atom. The molecule has 0 aromatic carbocycles. The van der Waals surface area contributed by atoms with Crippen LogP contribution in [0, 0.1) is 11.3 Å². The molecule has 0 aliphatic carbocycles. The molecule has 0 radical (unpaired) electrons. The van der Waals surface area contributed by atoms with Crippen LogP contribution in [0.1, 0.15) is 19.5 Å². The molecule has 1 N–H and O–H groups in total. The zero-order valence-electron chi connectivity index (χ0n) is 9.60. The molecule has 0 saturated heterocycles. The SMILES string of the molecule is CC.N#Cc1nc2nc[nH]c2c2cnccc12. The third kappa shape index (κ3) is 1.70. The summed E-state index contributed by atoms with van der Waals surface area (Å²) < 4.78 is 0. The number of hydrogen-bond donors (Lipinski definition) is 1. The summed E-state index contributed by atoms with van der Waals surface area (Å²) in [6.07, 6.45) is 4.91. The molecular formula is C12H11N5. The van der Waals surface area contributed by atoms with E-state index in [9.17, 15) is 0 Å². The number of H-pyrrole nitrogens is 1. The molecule has 0 saturated carbocycles. The van der Waals surface area contributed by atoms with Crippen molar-refractivity contribution in [1.29, 1.82) is 5.26 Å². The smallest absolute Gasteiger partial charge is 0.179 e. The highest BCUT2D eigenvalue weighted by atomic mass is 15.0. The molecule has 0 unspecified atom stereocenters. The van der Waals surface area contributed by atoms with Crippen LogP contribution in [0.3, 0.4) is 0 Å². The molecule has 0 spiro atoms. The number of rotatable bonds is 0. The van der Waals surface area contributed by atoms with E-state index in [2.05, 4.69) is 26.0 Å². The number of fused-ring (bicyclic) bond motifs is 3. The number of nitrogens with zero attached hydrogens (tertiary/aromatic N) is 4. The minimum absolute atomic E-state index is 0.381. The normalized spacial score (nSPS) is 9.71. The van der Waals surface area contributed by atoms with Crippen LogP contribution >= 0.6 is 0 Å². The van der Waals surface area contributed by atoms with Gasteiger partial charge in [-0.15, -0.1) is 0 Å². The first kappa shape index (κ1) is 11.0. The zero-order valence-corrected chi connectivity index (χ0v) is 9.60. The topological polar surface area (TPSA) is 78.2 Å². The summed E-state index contributed by atoms with van der Waals surface area (Å²) in [5.74, 6) is 0. The van der Waals surface area contributed by atoms with Gasteiger partial charge in [0.15, 0.2) is 11.3 Å². The highest BCUT2D eigenvalue weighted by molar-refractivity contribution is 6.03. The lowest BCUT2D eigenvalue weighted by Crippen LogP contribution is -1.88. The zero-order chi connectivity index (χ0) is 12.3. The van der Waals surface area contributed by atoms with Crippen LogP contribution in [0.4, 0.5) is 0 Å². The van der Waals surface area contributed by atoms with Gasteiger partial charge in [0, 0.05) is 23.2 Å². The standard InChI is InChI=1S/C10H5N5.C2H6/c11-3-8-6-1-2-12-4-7(6)9-10(15-8)14-5-13-9;1-2/h1-2,4-5H,(H,13,14,15);1-2H3. The lowest BCUT2D eigenvalue weighted by molar-refractivity contribution is 1.28. The second kappa shape index (κ2) is 4.58. The summed E-state index contributed by atoms with van der Waals surface area (Å²) in [4.78, 5) is 15.2. The van der Waals surface area contributed by atoms with Crippen molar-refractivity contribution in [1.82, 2.24) is 19.9 Å². The van der Waals surface area contributed by atoms with E-state index >= 15 is 0 Å². The van der Waals surface area contributed by atoms with Crippen LogP contribution in [-0.4, -0.2) is 19.9 Å². The highest BCUT2D eigenvalue weighted by Gasteiger charge is 2.08. The molecule has 0 aliphatic rings. The largest absolute Gasteiger partial charge is 0.343 e. The molecule has 3 aromatic rings. The second-order valence-electron chi connectivity index (χ2n) is 3.09. The van der Waals surface area contributed by atoms with Gasteiger partial charge in [-0.3, -0.25) is 4.98 Å². The van der Waals surface area contributed by atoms with E-state index in [1.807, 2.05) is 13.8 Å². The Balaban J connectivity index is 0.000000514. The van der Waals surface area contributed by atoms with Crippen LogP contribution in [-0.2, 0) is 0 Å². The van der Waals surface area contributed by atoms with E-state index in [4.69, 9.17) is 5.26 Å². The van der Waals surface area contributed by atoms with Crippen LogP contribution in [0.2, 0.25) is 0 Å². The molecular weight excluding hydrogens is 214 g/mol. The molecule has 84 valence electrons. The van der Waals surface area contributed by atoms with Gasteiger partial charge in [0.25, 0.3) is 0 Å². The average Bonchev–Trinajstić information content (AvgIpc) is 2.88. The lowest BCUT2D eigenvalue weighted by atomic mass is 10.1. The molecule has 3 heterocycles. The van der Waals surface area contributed by atoms with Gasteiger partial charge in [-0.05, 0) is 6.07 Å². The number of hydrogen-bond acceptors (Lipinski definition) is 4. The number of pyridine rings is 2. The van der Waals surface area contributed by atoms with Crippen LogP contribution < -0.4 is 0 Å². The van der Waals surface area contributed by atoms with Gasteiger partial charge in [0.05, 0.1) is 11.8 Å². The van der Waals surface area contributed by atoms with Crippen LogP contribution in [0.5, 0.6) is 0 Å². The maximum absolute atomic E-state index is 8.96. The minimum atomic E-state index is 0.381. The first-order valence-corrected chi connectivity index (χ1v) is 5.37. The number of nitrogens with one attached hydrogen (secondary N) is 1. The van der Waals surface area contributed by atoms with Gasteiger partial charge in [0.2, 0.25) is 0 Å². The highest BCUT2D eigenvalue weighted by Crippen LogP contribution is 2.22. The van der Waals surface area contributed by atoms with Crippen molar-refractivity contribution in [2.45, 2.75) is 13.8 Å². The summed E-state index contributed by atoms with van der Waals surface area (Å²) in [6, 6.07) is 3.84. The number of nitriles is 1. The molecule has 17 heavy (non-hydrogen) atoms. The average molecular weight is 225 g/mol. The number of imidazole rings is 1. The predicted octanol–water partition coefficient (Wildman–Crippen LogP) is 2.40. The number of aromatic amines is 1. The first-order valence-electron chi connectivity index (χ1n) is 5.37. The Kier molecular flexibility index (Phi) is 2.97. The molecule has 0 amide bonds. The van der Waals surface area contributed by atoms with Crippen molar-refractivity contribution >= 4 is 21.9 Å². The molecule has 0 aliphatic heterocycles. The van der Waals surface area contributed by atoms with Crippen molar-refractivity contribution in [2.75, 3.05) is 0 Å². The van der Waals surface area contributed by atoms with Crippen LogP contribution in [0.25, 0.3) is 21.9 Å². The Morgan fingerprint density at radius 3 is 2.88 bits per heavy atom. The van der Waals surface area contributed by atoms with Crippen molar-refractivity contribution in [2.24, 2.45) is 0 Å². The third-order valence-electron chi connectivity index (χ3n) is 2.29. The van der Waals surface area contributed by atoms with Crippen molar-refractivity contribution in [3.05, 3.63) is 30.5 Å². The first-order chi connectivity index (χ1) is 8.40. The van der Waals surface area contributed by atoms with Gasteiger partial charge in [-0.2, -0.15) is 5.26 Å².